The summed E-state index contributed by atoms with van der Waals surface area (Å²) < 4.78 is 15.2. The van der Waals surface area contributed by atoms with Crippen LogP contribution in [0.2, 0.25) is 0 Å². The number of allylic oxidation sites excluding steroid dienone is 6. The molecule has 0 saturated heterocycles. The number of nitrogens with two attached hydrogens (primary N) is 2. The van der Waals surface area contributed by atoms with Crippen LogP contribution in [0.15, 0.2) is 46.3 Å². The largest absolute Gasteiger partial charge is 0.404 e. The summed E-state index contributed by atoms with van der Waals surface area (Å²) in [6, 6.07) is 1.40. The van der Waals surface area contributed by atoms with E-state index in [1.54, 1.807) is 25.2 Å². The Kier molecular flexibility index (Phi) is 8.10. The van der Waals surface area contributed by atoms with Crippen molar-refractivity contribution < 1.29 is 19.1 Å². The van der Waals surface area contributed by atoms with E-state index in [1.165, 1.54) is 12.3 Å². The minimum atomic E-state index is -0.837. The van der Waals surface area contributed by atoms with Gasteiger partial charge < -0.3 is 21.9 Å². The van der Waals surface area contributed by atoms with E-state index in [0.717, 1.165) is 0 Å². The Bertz CT molecular complexity index is 927. The number of aliphatic hydroxyl groups is 1. The lowest BCUT2D eigenvalue weighted by Gasteiger charge is -2.19. The van der Waals surface area contributed by atoms with Gasteiger partial charge in [-0.3, -0.25) is 9.63 Å². The number of carbonyl (C=O) groups is 1. The summed E-state index contributed by atoms with van der Waals surface area (Å²) in [5.41, 5.74) is 14.4. The highest BCUT2D eigenvalue weighted by Gasteiger charge is 2.23. The van der Waals surface area contributed by atoms with Crippen LogP contribution in [0.25, 0.3) is 5.57 Å². The van der Waals surface area contributed by atoms with Gasteiger partial charge >= 0.3 is 0 Å². The van der Waals surface area contributed by atoms with Crippen LogP contribution in [-0.2, 0) is 4.84 Å². The van der Waals surface area contributed by atoms with Gasteiger partial charge in [0.2, 0.25) is 0 Å². The van der Waals surface area contributed by atoms with Crippen LogP contribution in [0.1, 0.15) is 29.3 Å². The van der Waals surface area contributed by atoms with Crippen LogP contribution in [0, 0.1) is 5.82 Å². The summed E-state index contributed by atoms with van der Waals surface area (Å²) in [5.74, 6) is -1.58. The Morgan fingerprint density at radius 1 is 1.38 bits per heavy atom. The average molecular weight is 443 g/mol. The zero-order valence-electron chi connectivity index (χ0n) is 15.6. The molecule has 0 aromatic heterocycles. The number of benzene rings is 1. The molecule has 0 atom stereocenters. The molecule has 2 rings (SSSR count). The smallest absolute Gasteiger partial charge is 0.277 e. The van der Waals surface area contributed by atoms with Gasteiger partial charge in [0.25, 0.3) is 5.91 Å². The molecule has 0 unspecified atom stereocenters. The molecule has 10 heteroatoms. The monoisotopic (exact) mass is 442 g/mol. The van der Waals surface area contributed by atoms with E-state index in [4.69, 9.17) is 44.6 Å². The van der Waals surface area contributed by atoms with Crippen molar-refractivity contribution in [1.82, 2.24) is 5.48 Å². The lowest BCUT2D eigenvalue weighted by molar-refractivity contribution is 0.0168. The summed E-state index contributed by atoms with van der Waals surface area (Å²) in [7, 11) is 0. The zero-order chi connectivity index (χ0) is 21.6. The standard InChI is InChI=1S/C19H21Cl2FN4O3/c1-10(9-23)14-8-15(19(28)26-29-5-4-27)18(16(22)17(14)24)25-13-3-2-11(20)6-12(21)7-13/h2-3,6,8-9,25,27H,4-5,7,23-24H2,1H3,(H,26,28)/b10-9-. The van der Waals surface area contributed by atoms with Crippen LogP contribution in [0.3, 0.4) is 0 Å². The summed E-state index contributed by atoms with van der Waals surface area (Å²) in [5, 5.41) is 12.5. The van der Waals surface area contributed by atoms with Gasteiger partial charge in [-0.1, -0.05) is 23.2 Å². The van der Waals surface area contributed by atoms with Gasteiger partial charge in [0.05, 0.1) is 30.2 Å². The number of halogens is 3. The number of hydrogen-bond acceptors (Lipinski definition) is 6. The average Bonchev–Trinajstić information content (AvgIpc) is 2.84. The molecule has 0 spiro atoms. The number of hydroxylamine groups is 1. The van der Waals surface area contributed by atoms with E-state index in [2.05, 4.69) is 10.8 Å². The molecule has 29 heavy (non-hydrogen) atoms. The molecule has 0 heterocycles. The zero-order valence-corrected chi connectivity index (χ0v) is 17.1. The fourth-order valence-corrected chi connectivity index (χ4v) is 3.03. The minimum Gasteiger partial charge on any atom is -0.404 e. The van der Waals surface area contributed by atoms with Crippen LogP contribution in [0.4, 0.5) is 15.8 Å². The first-order chi connectivity index (χ1) is 13.8. The third-order valence-electron chi connectivity index (χ3n) is 3.96. The van der Waals surface area contributed by atoms with E-state index in [9.17, 15) is 4.79 Å². The van der Waals surface area contributed by atoms with E-state index in [0.29, 0.717) is 21.3 Å². The molecular formula is C19H21Cl2FN4O3. The molecule has 1 aliphatic carbocycles. The summed E-state index contributed by atoms with van der Waals surface area (Å²) in [6.45, 7) is 1.20. The molecule has 1 aromatic rings. The number of amides is 1. The molecule has 0 aliphatic heterocycles. The number of carbonyl (C=O) groups excluding carboxylic acids is 1. The normalized spacial score (nSPS) is 14.5. The van der Waals surface area contributed by atoms with Crippen molar-refractivity contribution in [3.8, 4) is 0 Å². The fourth-order valence-electron chi connectivity index (χ4n) is 2.52. The molecule has 156 valence electrons. The molecule has 0 fully saturated rings. The van der Waals surface area contributed by atoms with Gasteiger partial charge in [-0.25, -0.2) is 9.87 Å². The van der Waals surface area contributed by atoms with E-state index in [1.807, 2.05) is 0 Å². The van der Waals surface area contributed by atoms with Crippen LogP contribution >= 0.6 is 23.2 Å². The maximum absolute atomic E-state index is 15.2. The second kappa shape index (κ2) is 10.3. The van der Waals surface area contributed by atoms with Gasteiger partial charge in [-0.2, -0.15) is 0 Å². The van der Waals surface area contributed by atoms with Crippen molar-refractivity contribution in [2.45, 2.75) is 13.3 Å². The molecule has 0 bridgehead atoms. The van der Waals surface area contributed by atoms with Gasteiger partial charge in [0, 0.05) is 27.7 Å². The second-order valence-corrected chi connectivity index (χ2v) is 6.99. The maximum atomic E-state index is 15.2. The molecule has 0 saturated carbocycles. The van der Waals surface area contributed by atoms with E-state index < -0.39 is 11.7 Å². The predicted octanol–water partition coefficient (Wildman–Crippen LogP) is 3.33. The van der Waals surface area contributed by atoms with Crippen molar-refractivity contribution in [2.24, 2.45) is 5.73 Å². The fraction of sp³-hybridized carbons (Fsp3) is 0.211. The molecule has 7 N–H and O–H groups in total. The van der Waals surface area contributed by atoms with Gasteiger partial charge in [0.1, 0.15) is 0 Å². The second-order valence-electron chi connectivity index (χ2n) is 6.06. The summed E-state index contributed by atoms with van der Waals surface area (Å²) in [6.07, 6.45) is 6.26. The van der Waals surface area contributed by atoms with E-state index >= 15 is 4.39 Å². The van der Waals surface area contributed by atoms with E-state index in [-0.39, 0.29) is 42.1 Å². The highest BCUT2D eigenvalue weighted by molar-refractivity contribution is 6.34. The number of anilines is 2. The third kappa shape index (κ3) is 5.74. The van der Waals surface area contributed by atoms with Crippen molar-refractivity contribution >= 4 is 46.1 Å². The number of rotatable bonds is 7. The summed E-state index contributed by atoms with van der Waals surface area (Å²) in [4.78, 5) is 17.4. The van der Waals surface area contributed by atoms with Crippen LogP contribution in [0.5, 0.6) is 0 Å². The first-order valence-electron chi connectivity index (χ1n) is 8.51. The lowest BCUT2D eigenvalue weighted by atomic mass is 9.99. The quantitative estimate of drug-likeness (QED) is 0.250. The highest BCUT2D eigenvalue weighted by Crippen LogP contribution is 2.34. The number of aliphatic hydroxyl groups excluding tert-OH is 1. The molecule has 1 aliphatic rings. The Morgan fingerprint density at radius 2 is 2.10 bits per heavy atom. The predicted molar refractivity (Wildman–Crippen MR) is 113 cm³/mol. The number of hydrogen-bond donors (Lipinski definition) is 5. The van der Waals surface area contributed by atoms with Crippen LogP contribution < -0.4 is 22.3 Å². The van der Waals surface area contributed by atoms with Gasteiger partial charge in [-0.05, 0) is 43.0 Å². The Morgan fingerprint density at radius 3 is 2.76 bits per heavy atom. The molecule has 0 radical (unpaired) electrons. The Labute approximate surface area is 177 Å². The van der Waals surface area contributed by atoms with Crippen molar-refractivity contribution in [3.05, 3.63) is 63.2 Å². The molecular weight excluding hydrogens is 422 g/mol. The Hall–Kier alpha value is -2.52. The Balaban J connectivity index is 2.53. The van der Waals surface area contributed by atoms with Gasteiger partial charge in [0.15, 0.2) is 5.82 Å². The molecule has 7 nitrogen and oxygen atoms in total. The minimum absolute atomic E-state index is 0.0776. The van der Waals surface area contributed by atoms with Gasteiger partial charge in [-0.15, -0.1) is 0 Å². The highest BCUT2D eigenvalue weighted by atomic mass is 35.5. The third-order valence-corrected chi connectivity index (χ3v) is 4.44. The first-order valence-corrected chi connectivity index (χ1v) is 9.27. The number of nitrogens with one attached hydrogen (secondary N) is 2. The molecule has 1 amide bonds. The van der Waals surface area contributed by atoms with Crippen LogP contribution in [-0.4, -0.2) is 24.2 Å². The molecule has 1 aromatic carbocycles. The summed E-state index contributed by atoms with van der Waals surface area (Å²) >= 11 is 12.1. The van der Waals surface area contributed by atoms with Crippen molar-refractivity contribution in [3.63, 3.8) is 0 Å². The van der Waals surface area contributed by atoms with Crippen molar-refractivity contribution in [2.75, 3.05) is 24.3 Å². The lowest BCUT2D eigenvalue weighted by Crippen LogP contribution is -2.27. The maximum Gasteiger partial charge on any atom is 0.277 e. The topological polar surface area (TPSA) is 123 Å². The first kappa shape index (κ1) is 22.8. The van der Waals surface area contributed by atoms with Crippen molar-refractivity contribution in [1.29, 1.82) is 0 Å². The number of nitrogen functional groups attached to an aromatic ring is 1. The SMILES string of the molecule is C/C(=C/N)c1cc(C(=O)NOCCO)c(NC2=CC=C(Cl)C=C(Cl)C2)c(F)c1N.